The molecule has 3 aromatic rings. The quantitative estimate of drug-likeness (QED) is 0.723. The highest BCUT2D eigenvalue weighted by molar-refractivity contribution is 6.06. The molecule has 4 rings (SSSR count). The molecule has 0 atom stereocenters. The first-order valence-electron chi connectivity index (χ1n) is 9.68. The van der Waals surface area contributed by atoms with Crippen molar-refractivity contribution >= 4 is 28.9 Å². The summed E-state index contributed by atoms with van der Waals surface area (Å²) in [5.74, 6) is -0.162. The Morgan fingerprint density at radius 3 is 2.38 bits per heavy atom. The molecule has 3 aromatic carbocycles. The molecule has 146 valence electrons. The number of para-hydroxylation sites is 2. The van der Waals surface area contributed by atoms with E-state index < -0.39 is 0 Å². The zero-order valence-corrected chi connectivity index (χ0v) is 16.3. The summed E-state index contributed by atoms with van der Waals surface area (Å²) in [5.41, 5.74) is 4.50. The Balaban J connectivity index is 1.37. The van der Waals surface area contributed by atoms with Gasteiger partial charge in [-0.3, -0.25) is 9.59 Å². The lowest BCUT2D eigenvalue weighted by atomic mass is 10.1. The van der Waals surface area contributed by atoms with Gasteiger partial charge in [-0.15, -0.1) is 0 Å². The third-order valence-electron chi connectivity index (χ3n) is 5.18. The van der Waals surface area contributed by atoms with Gasteiger partial charge in [-0.25, -0.2) is 0 Å². The lowest BCUT2D eigenvalue weighted by molar-refractivity contribution is -0.115. The monoisotopic (exact) mass is 385 g/mol. The van der Waals surface area contributed by atoms with Crippen LogP contribution in [0.3, 0.4) is 0 Å². The van der Waals surface area contributed by atoms with Crippen molar-refractivity contribution in [2.75, 3.05) is 35.3 Å². The third-order valence-corrected chi connectivity index (χ3v) is 5.18. The molecule has 1 N–H and O–H groups in total. The van der Waals surface area contributed by atoms with E-state index in [4.69, 9.17) is 0 Å². The third kappa shape index (κ3) is 4.14. The lowest BCUT2D eigenvalue weighted by Gasteiger charge is -2.19. The van der Waals surface area contributed by atoms with Crippen LogP contribution in [-0.4, -0.2) is 32.0 Å². The molecule has 1 aliphatic heterocycles. The summed E-state index contributed by atoms with van der Waals surface area (Å²) in [6, 6.07) is 24.7. The molecule has 29 heavy (non-hydrogen) atoms. The number of rotatable bonds is 5. The van der Waals surface area contributed by atoms with Crippen LogP contribution in [-0.2, 0) is 11.2 Å². The second-order valence-electron chi connectivity index (χ2n) is 7.13. The maximum absolute atomic E-state index is 12.7. The van der Waals surface area contributed by atoms with Crippen LogP contribution in [0.5, 0.6) is 0 Å². The second-order valence-corrected chi connectivity index (χ2v) is 7.13. The van der Waals surface area contributed by atoms with Crippen LogP contribution in [0.1, 0.15) is 15.9 Å². The Bertz CT molecular complexity index is 1020. The van der Waals surface area contributed by atoms with Crippen LogP contribution in [0.25, 0.3) is 0 Å². The van der Waals surface area contributed by atoms with Gasteiger partial charge in [0.1, 0.15) is 0 Å². The lowest BCUT2D eigenvalue weighted by Crippen LogP contribution is -2.31. The van der Waals surface area contributed by atoms with Crippen LogP contribution >= 0.6 is 0 Å². The number of benzene rings is 3. The number of anilines is 3. The molecule has 0 bridgehead atoms. The standard InChI is InChI=1S/C24H23N3O2/c1-26(21-8-3-2-4-9-21)24(29)19-11-13-20(14-12-19)25-23(28)17-27-16-15-18-7-5-6-10-22(18)27/h2-14H,15-17H2,1H3,(H,25,28). The first-order valence-corrected chi connectivity index (χ1v) is 9.68. The van der Waals surface area contributed by atoms with Crippen molar-refractivity contribution in [2.24, 2.45) is 0 Å². The molecule has 5 nitrogen and oxygen atoms in total. The summed E-state index contributed by atoms with van der Waals surface area (Å²) in [6.07, 6.45) is 0.967. The topological polar surface area (TPSA) is 52.7 Å². The largest absolute Gasteiger partial charge is 0.362 e. The van der Waals surface area contributed by atoms with Crippen molar-refractivity contribution in [3.63, 3.8) is 0 Å². The second kappa shape index (κ2) is 8.19. The van der Waals surface area contributed by atoms with E-state index in [1.807, 2.05) is 42.5 Å². The molecule has 0 saturated carbocycles. The Kier molecular flexibility index (Phi) is 5.29. The summed E-state index contributed by atoms with van der Waals surface area (Å²) in [6.45, 7) is 1.17. The average Bonchev–Trinajstić information content (AvgIpc) is 3.16. The molecule has 0 radical (unpaired) electrons. The Hall–Kier alpha value is -3.60. The fourth-order valence-corrected chi connectivity index (χ4v) is 3.60. The molecule has 5 heteroatoms. The van der Waals surface area contributed by atoms with Crippen LogP contribution < -0.4 is 15.1 Å². The molecular formula is C24H23N3O2. The summed E-state index contributed by atoms with van der Waals surface area (Å²) < 4.78 is 0. The fourth-order valence-electron chi connectivity index (χ4n) is 3.60. The molecule has 0 saturated heterocycles. The highest BCUT2D eigenvalue weighted by atomic mass is 16.2. The minimum absolute atomic E-state index is 0.0674. The maximum atomic E-state index is 12.7. The van der Waals surface area contributed by atoms with E-state index in [0.717, 1.165) is 24.3 Å². The first kappa shape index (κ1) is 18.7. The van der Waals surface area contributed by atoms with Crippen LogP contribution in [0, 0.1) is 0 Å². The zero-order chi connectivity index (χ0) is 20.2. The molecule has 1 heterocycles. The zero-order valence-electron chi connectivity index (χ0n) is 16.3. The molecule has 0 spiro atoms. The predicted octanol–water partition coefficient (Wildman–Crippen LogP) is 3.96. The van der Waals surface area contributed by atoms with Gasteiger partial charge >= 0.3 is 0 Å². The van der Waals surface area contributed by atoms with E-state index in [0.29, 0.717) is 17.8 Å². The van der Waals surface area contributed by atoms with Gasteiger partial charge in [0.05, 0.1) is 6.54 Å². The number of hydrogen-bond acceptors (Lipinski definition) is 3. The number of hydrogen-bond donors (Lipinski definition) is 1. The van der Waals surface area contributed by atoms with Crippen molar-refractivity contribution in [1.29, 1.82) is 0 Å². The minimum atomic E-state index is -0.0947. The van der Waals surface area contributed by atoms with Gasteiger partial charge < -0.3 is 15.1 Å². The normalized spacial score (nSPS) is 12.4. The van der Waals surface area contributed by atoms with E-state index >= 15 is 0 Å². The highest BCUT2D eigenvalue weighted by Gasteiger charge is 2.20. The van der Waals surface area contributed by atoms with Gasteiger partial charge in [-0.05, 0) is 54.4 Å². The van der Waals surface area contributed by atoms with Crippen molar-refractivity contribution < 1.29 is 9.59 Å². The predicted molar refractivity (Wildman–Crippen MR) is 117 cm³/mol. The van der Waals surface area contributed by atoms with Crippen molar-refractivity contribution in [3.05, 3.63) is 90.0 Å². The van der Waals surface area contributed by atoms with Gasteiger partial charge in [0.15, 0.2) is 0 Å². The number of fused-ring (bicyclic) bond motifs is 1. The van der Waals surface area contributed by atoms with Crippen molar-refractivity contribution in [2.45, 2.75) is 6.42 Å². The molecule has 0 aliphatic carbocycles. The highest BCUT2D eigenvalue weighted by Crippen LogP contribution is 2.27. The average molecular weight is 385 g/mol. The van der Waals surface area contributed by atoms with E-state index in [2.05, 4.69) is 22.3 Å². The summed E-state index contributed by atoms with van der Waals surface area (Å²) >= 11 is 0. The molecule has 0 fully saturated rings. The Labute approximate surface area is 170 Å². The summed E-state index contributed by atoms with van der Waals surface area (Å²) in [4.78, 5) is 28.8. The molecular weight excluding hydrogens is 362 g/mol. The molecule has 0 aromatic heterocycles. The number of nitrogens with zero attached hydrogens (tertiary/aromatic N) is 2. The van der Waals surface area contributed by atoms with Gasteiger partial charge in [0.2, 0.25) is 5.91 Å². The van der Waals surface area contributed by atoms with Gasteiger partial charge in [0.25, 0.3) is 5.91 Å². The smallest absolute Gasteiger partial charge is 0.258 e. The summed E-state index contributed by atoms with van der Waals surface area (Å²) in [7, 11) is 1.75. The molecule has 0 unspecified atom stereocenters. The summed E-state index contributed by atoms with van der Waals surface area (Å²) in [5, 5.41) is 2.92. The maximum Gasteiger partial charge on any atom is 0.258 e. The van der Waals surface area contributed by atoms with Crippen LogP contribution in [0.15, 0.2) is 78.9 Å². The van der Waals surface area contributed by atoms with E-state index in [-0.39, 0.29) is 11.8 Å². The van der Waals surface area contributed by atoms with Gasteiger partial charge in [-0.2, -0.15) is 0 Å². The fraction of sp³-hybridized carbons (Fsp3) is 0.167. The van der Waals surface area contributed by atoms with Crippen molar-refractivity contribution in [1.82, 2.24) is 0 Å². The minimum Gasteiger partial charge on any atom is -0.362 e. The SMILES string of the molecule is CN(C(=O)c1ccc(NC(=O)CN2CCc3ccccc32)cc1)c1ccccc1. The number of amides is 2. The number of nitrogens with one attached hydrogen (secondary N) is 1. The van der Waals surface area contributed by atoms with Crippen molar-refractivity contribution in [3.8, 4) is 0 Å². The van der Waals surface area contributed by atoms with E-state index in [9.17, 15) is 9.59 Å². The molecule has 1 aliphatic rings. The van der Waals surface area contributed by atoms with E-state index in [1.165, 1.54) is 5.56 Å². The van der Waals surface area contributed by atoms with Gasteiger partial charge in [-0.1, -0.05) is 36.4 Å². The Morgan fingerprint density at radius 2 is 1.62 bits per heavy atom. The molecule has 2 amide bonds. The van der Waals surface area contributed by atoms with Gasteiger partial charge in [0, 0.05) is 36.2 Å². The van der Waals surface area contributed by atoms with E-state index in [1.54, 1.807) is 36.2 Å². The number of carbonyl (C=O) groups excluding carboxylic acids is 2. The first-order chi connectivity index (χ1) is 14.1. The Morgan fingerprint density at radius 1 is 0.931 bits per heavy atom. The van der Waals surface area contributed by atoms with Crippen LogP contribution in [0.2, 0.25) is 0 Å². The number of carbonyl (C=O) groups is 2. The van der Waals surface area contributed by atoms with Crippen LogP contribution in [0.4, 0.5) is 17.1 Å².